The summed E-state index contributed by atoms with van der Waals surface area (Å²) in [5.41, 5.74) is 0. The van der Waals surface area contributed by atoms with E-state index in [1.807, 2.05) is 7.05 Å². The van der Waals surface area contributed by atoms with Gasteiger partial charge in [-0.2, -0.15) is 5.10 Å². The molecule has 0 spiro atoms. The fraction of sp³-hybridized carbons (Fsp3) is 0.111. The molecular weight excluding hydrogens is 281 g/mol. The number of halogens is 2. The van der Waals surface area contributed by atoms with Crippen molar-refractivity contribution in [2.75, 3.05) is 0 Å². The lowest BCUT2D eigenvalue weighted by molar-refractivity contribution is 0.462. The van der Waals surface area contributed by atoms with Gasteiger partial charge in [0.15, 0.2) is 5.75 Å². The summed E-state index contributed by atoms with van der Waals surface area (Å²) in [6.07, 6.45) is 4.96. The van der Waals surface area contributed by atoms with Gasteiger partial charge in [0.1, 0.15) is 5.02 Å². The molecule has 2 heterocycles. The summed E-state index contributed by atoms with van der Waals surface area (Å²) in [6, 6.07) is 1.72. The Kier molecular flexibility index (Phi) is 2.93. The standard InChI is InChI=1S/C9H7BrClN3O/c1-14-5-7(4-13-14)15-9-8(11)2-6(10)3-12-9/h2-5H,1H3. The SMILES string of the molecule is Cn1cc(Oc2ncc(Br)cc2Cl)cn1. The van der Waals surface area contributed by atoms with E-state index in [1.54, 1.807) is 29.3 Å². The maximum atomic E-state index is 5.94. The first-order chi connectivity index (χ1) is 7.15. The molecule has 0 aromatic carbocycles. The zero-order chi connectivity index (χ0) is 10.8. The van der Waals surface area contributed by atoms with E-state index in [-0.39, 0.29) is 0 Å². The third kappa shape index (κ3) is 2.49. The molecule has 0 aliphatic heterocycles. The van der Waals surface area contributed by atoms with Crippen molar-refractivity contribution in [2.24, 2.45) is 7.05 Å². The zero-order valence-electron chi connectivity index (χ0n) is 7.82. The van der Waals surface area contributed by atoms with Gasteiger partial charge in [0.05, 0.1) is 12.4 Å². The molecule has 0 aliphatic rings. The summed E-state index contributed by atoms with van der Waals surface area (Å²) in [6.45, 7) is 0. The van der Waals surface area contributed by atoms with Crippen molar-refractivity contribution in [3.8, 4) is 11.6 Å². The van der Waals surface area contributed by atoms with Crippen molar-refractivity contribution in [1.82, 2.24) is 14.8 Å². The molecule has 6 heteroatoms. The average molecular weight is 289 g/mol. The van der Waals surface area contributed by atoms with E-state index in [0.29, 0.717) is 16.7 Å². The van der Waals surface area contributed by atoms with Crippen LogP contribution in [0.5, 0.6) is 11.6 Å². The predicted octanol–water partition coefficient (Wildman–Crippen LogP) is 3.02. The van der Waals surface area contributed by atoms with E-state index in [0.717, 1.165) is 4.47 Å². The van der Waals surface area contributed by atoms with Gasteiger partial charge in [-0.05, 0) is 22.0 Å². The normalized spacial score (nSPS) is 10.3. The van der Waals surface area contributed by atoms with Crippen molar-refractivity contribution < 1.29 is 4.74 Å². The van der Waals surface area contributed by atoms with Gasteiger partial charge in [-0.3, -0.25) is 4.68 Å². The lowest BCUT2D eigenvalue weighted by Gasteiger charge is -2.03. The summed E-state index contributed by atoms with van der Waals surface area (Å²) < 4.78 is 7.89. The highest BCUT2D eigenvalue weighted by Crippen LogP contribution is 2.28. The van der Waals surface area contributed by atoms with Gasteiger partial charge in [-0.1, -0.05) is 11.6 Å². The van der Waals surface area contributed by atoms with Gasteiger partial charge in [-0.25, -0.2) is 4.98 Å². The predicted molar refractivity (Wildman–Crippen MR) is 60.2 cm³/mol. The van der Waals surface area contributed by atoms with Crippen LogP contribution in [0.3, 0.4) is 0 Å². The quantitative estimate of drug-likeness (QED) is 0.853. The van der Waals surface area contributed by atoms with Gasteiger partial charge < -0.3 is 4.74 Å². The van der Waals surface area contributed by atoms with Crippen LogP contribution in [0.4, 0.5) is 0 Å². The number of ether oxygens (including phenoxy) is 1. The van der Waals surface area contributed by atoms with Crippen molar-refractivity contribution in [1.29, 1.82) is 0 Å². The highest BCUT2D eigenvalue weighted by Gasteiger charge is 2.06. The number of nitrogens with zero attached hydrogens (tertiary/aromatic N) is 3. The van der Waals surface area contributed by atoms with Gasteiger partial charge in [0.2, 0.25) is 5.88 Å². The maximum Gasteiger partial charge on any atom is 0.238 e. The van der Waals surface area contributed by atoms with Crippen molar-refractivity contribution in [2.45, 2.75) is 0 Å². The Morgan fingerprint density at radius 3 is 2.87 bits per heavy atom. The van der Waals surface area contributed by atoms with Crippen LogP contribution in [0.25, 0.3) is 0 Å². The lowest BCUT2D eigenvalue weighted by atomic mass is 10.5. The van der Waals surface area contributed by atoms with Gasteiger partial charge in [0.25, 0.3) is 0 Å². The minimum Gasteiger partial charge on any atom is -0.434 e. The second-order valence-electron chi connectivity index (χ2n) is 2.89. The van der Waals surface area contributed by atoms with Crippen LogP contribution in [-0.4, -0.2) is 14.8 Å². The van der Waals surface area contributed by atoms with Crippen LogP contribution in [0.1, 0.15) is 0 Å². The highest BCUT2D eigenvalue weighted by atomic mass is 79.9. The summed E-state index contributed by atoms with van der Waals surface area (Å²) in [7, 11) is 1.81. The second kappa shape index (κ2) is 4.20. The van der Waals surface area contributed by atoms with E-state index in [9.17, 15) is 0 Å². The Bertz CT molecular complexity index is 486. The van der Waals surface area contributed by atoms with E-state index in [1.165, 1.54) is 0 Å². The smallest absolute Gasteiger partial charge is 0.238 e. The Hall–Kier alpha value is -1.07. The Labute approximate surface area is 100.0 Å². The molecule has 0 radical (unpaired) electrons. The lowest BCUT2D eigenvalue weighted by Crippen LogP contribution is -1.88. The Morgan fingerprint density at radius 2 is 2.27 bits per heavy atom. The van der Waals surface area contributed by atoms with Crippen molar-refractivity contribution >= 4 is 27.5 Å². The van der Waals surface area contributed by atoms with Gasteiger partial charge >= 0.3 is 0 Å². The van der Waals surface area contributed by atoms with Crippen LogP contribution in [0.15, 0.2) is 29.1 Å². The van der Waals surface area contributed by atoms with Gasteiger partial charge in [-0.15, -0.1) is 0 Å². The molecule has 0 bridgehead atoms. The monoisotopic (exact) mass is 287 g/mol. The largest absolute Gasteiger partial charge is 0.434 e. The highest BCUT2D eigenvalue weighted by molar-refractivity contribution is 9.10. The van der Waals surface area contributed by atoms with Crippen LogP contribution < -0.4 is 4.74 Å². The third-order valence-electron chi connectivity index (χ3n) is 1.67. The molecular formula is C9H7BrClN3O. The molecule has 0 saturated carbocycles. The molecule has 0 aliphatic carbocycles. The topological polar surface area (TPSA) is 39.9 Å². The Balaban J connectivity index is 2.24. The summed E-state index contributed by atoms with van der Waals surface area (Å²) in [4.78, 5) is 4.04. The molecule has 0 atom stereocenters. The van der Waals surface area contributed by atoms with E-state index in [2.05, 4.69) is 26.0 Å². The third-order valence-corrected chi connectivity index (χ3v) is 2.37. The van der Waals surface area contributed by atoms with Crippen LogP contribution >= 0.6 is 27.5 Å². The first-order valence-electron chi connectivity index (χ1n) is 4.13. The molecule has 0 saturated heterocycles. The number of aromatic nitrogens is 3. The molecule has 0 N–H and O–H groups in total. The van der Waals surface area contributed by atoms with Crippen molar-refractivity contribution in [3.05, 3.63) is 34.2 Å². The molecule has 2 aromatic rings. The van der Waals surface area contributed by atoms with E-state index < -0.39 is 0 Å². The molecule has 0 amide bonds. The molecule has 0 fully saturated rings. The molecule has 2 aromatic heterocycles. The number of rotatable bonds is 2. The second-order valence-corrected chi connectivity index (χ2v) is 4.22. The van der Waals surface area contributed by atoms with Crippen molar-refractivity contribution in [3.63, 3.8) is 0 Å². The van der Waals surface area contributed by atoms with Crippen LogP contribution in [0.2, 0.25) is 5.02 Å². The minimum atomic E-state index is 0.368. The zero-order valence-corrected chi connectivity index (χ0v) is 10.2. The Morgan fingerprint density at radius 1 is 1.47 bits per heavy atom. The number of aryl methyl sites for hydroxylation is 1. The van der Waals surface area contributed by atoms with Crippen LogP contribution in [0, 0.1) is 0 Å². The average Bonchev–Trinajstić information content (AvgIpc) is 2.56. The molecule has 4 nitrogen and oxygen atoms in total. The fourth-order valence-corrected chi connectivity index (χ4v) is 1.71. The molecule has 78 valence electrons. The maximum absolute atomic E-state index is 5.94. The van der Waals surface area contributed by atoms with Gasteiger partial charge in [0, 0.05) is 17.7 Å². The number of pyridine rings is 1. The first-order valence-corrected chi connectivity index (χ1v) is 5.30. The minimum absolute atomic E-state index is 0.368. The molecule has 2 rings (SSSR count). The van der Waals surface area contributed by atoms with E-state index in [4.69, 9.17) is 16.3 Å². The summed E-state index contributed by atoms with van der Waals surface area (Å²) in [5.74, 6) is 0.974. The number of hydrogen-bond donors (Lipinski definition) is 0. The summed E-state index contributed by atoms with van der Waals surface area (Å²) in [5, 5.41) is 4.42. The van der Waals surface area contributed by atoms with Crippen LogP contribution in [-0.2, 0) is 7.05 Å². The summed E-state index contributed by atoms with van der Waals surface area (Å²) >= 11 is 9.21. The first kappa shape index (κ1) is 10.4. The fourth-order valence-electron chi connectivity index (χ4n) is 1.04. The molecule has 15 heavy (non-hydrogen) atoms. The van der Waals surface area contributed by atoms with E-state index >= 15 is 0 Å². The molecule has 0 unspecified atom stereocenters. The number of hydrogen-bond acceptors (Lipinski definition) is 3.